The van der Waals surface area contributed by atoms with Crippen LogP contribution in [0.15, 0.2) is 53.4 Å². The number of hydrogen-bond acceptors (Lipinski definition) is 5. The zero-order valence-electron chi connectivity index (χ0n) is 15.6. The molecule has 0 bridgehead atoms. The molecule has 6 nitrogen and oxygen atoms in total. The Hall–Kier alpha value is -2.67. The third-order valence-corrected chi connectivity index (χ3v) is 5.61. The molecule has 0 saturated carbocycles. The fourth-order valence-electron chi connectivity index (χ4n) is 2.46. The number of benzene rings is 2. The van der Waals surface area contributed by atoms with Gasteiger partial charge >= 0.3 is 0 Å². The maximum atomic E-state index is 12.8. The van der Waals surface area contributed by atoms with Gasteiger partial charge in [-0.2, -0.15) is 0 Å². The maximum Gasteiger partial charge on any atom is 0.263 e. The molecule has 0 spiro atoms. The Labute approximate surface area is 159 Å². The normalized spacial score (nSPS) is 12.7. The van der Waals surface area contributed by atoms with E-state index >= 15 is 0 Å². The number of fused-ring (bicyclic) bond motifs is 1. The Morgan fingerprint density at radius 2 is 1.78 bits per heavy atom. The Bertz CT molecular complexity index is 1050. The summed E-state index contributed by atoms with van der Waals surface area (Å²) in [5.41, 5.74) is 2.10. The lowest BCUT2D eigenvalue weighted by atomic mass is 10.1. The van der Waals surface area contributed by atoms with Crippen molar-refractivity contribution in [1.29, 1.82) is 0 Å². The number of anilines is 1. The number of aromatic nitrogens is 2. The minimum absolute atomic E-state index is 0.0958. The van der Waals surface area contributed by atoms with Gasteiger partial charge in [-0.25, -0.2) is 18.4 Å². The lowest BCUT2D eigenvalue weighted by Gasteiger charge is -2.15. The van der Waals surface area contributed by atoms with E-state index in [0.29, 0.717) is 23.6 Å². The van der Waals surface area contributed by atoms with Gasteiger partial charge in [-0.05, 0) is 42.7 Å². The van der Waals surface area contributed by atoms with Crippen molar-refractivity contribution in [3.05, 3.63) is 54.1 Å². The quantitative estimate of drug-likeness (QED) is 0.660. The fourth-order valence-corrected chi connectivity index (χ4v) is 3.56. The highest BCUT2D eigenvalue weighted by molar-refractivity contribution is 7.92. The molecular weight excluding hydrogens is 362 g/mol. The van der Waals surface area contributed by atoms with Crippen molar-refractivity contribution in [1.82, 2.24) is 9.97 Å². The summed E-state index contributed by atoms with van der Waals surface area (Å²) in [5.74, 6) is 0.600. The van der Waals surface area contributed by atoms with E-state index in [0.717, 1.165) is 12.0 Å². The molecule has 0 fully saturated rings. The van der Waals surface area contributed by atoms with Crippen LogP contribution in [-0.4, -0.2) is 25.0 Å². The highest BCUT2D eigenvalue weighted by Crippen LogP contribution is 2.26. The van der Waals surface area contributed by atoms with Gasteiger partial charge < -0.3 is 4.74 Å². The fraction of sp³-hybridized carbons (Fsp3) is 0.300. The largest absolute Gasteiger partial charge is 0.475 e. The molecule has 0 aliphatic rings. The van der Waals surface area contributed by atoms with Crippen LogP contribution in [0.25, 0.3) is 11.0 Å². The van der Waals surface area contributed by atoms with E-state index in [4.69, 9.17) is 4.74 Å². The highest BCUT2D eigenvalue weighted by Gasteiger charge is 2.20. The molecule has 1 aromatic heterocycles. The van der Waals surface area contributed by atoms with Crippen LogP contribution in [0.5, 0.6) is 5.88 Å². The highest BCUT2D eigenvalue weighted by atomic mass is 32.2. The first-order chi connectivity index (χ1) is 12.9. The molecule has 1 atom stereocenters. The Balaban J connectivity index is 2.00. The molecular formula is C20H23N3O3S. The van der Waals surface area contributed by atoms with Crippen molar-refractivity contribution in [2.24, 2.45) is 5.92 Å². The first-order valence-corrected chi connectivity index (χ1v) is 10.4. The molecule has 0 aliphatic carbocycles. The molecule has 3 aromatic rings. The molecule has 142 valence electrons. The summed E-state index contributed by atoms with van der Waals surface area (Å²) in [5, 5.41) is 0. The second kappa shape index (κ2) is 7.92. The standard InChI is InChI=1S/C20H23N3O3S/c1-4-14(2)13-26-20-19(21-17-10-5-6-11-18(17)22-20)23-27(24,25)16-9-7-8-15(3)12-16/h5-12,14H,4,13H2,1-3H3,(H,21,23). The molecule has 0 saturated heterocycles. The summed E-state index contributed by atoms with van der Waals surface area (Å²) in [6.07, 6.45) is 0.950. The second-order valence-electron chi connectivity index (χ2n) is 6.61. The predicted molar refractivity (Wildman–Crippen MR) is 106 cm³/mol. The van der Waals surface area contributed by atoms with Crippen LogP contribution in [0.4, 0.5) is 5.82 Å². The zero-order chi connectivity index (χ0) is 19.4. The summed E-state index contributed by atoms with van der Waals surface area (Å²) >= 11 is 0. The van der Waals surface area contributed by atoms with Crippen molar-refractivity contribution < 1.29 is 13.2 Å². The summed E-state index contributed by atoms with van der Waals surface area (Å²) in [4.78, 5) is 9.07. The molecule has 7 heteroatoms. The second-order valence-corrected chi connectivity index (χ2v) is 8.29. The molecule has 0 radical (unpaired) electrons. The summed E-state index contributed by atoms with van der Waals surface area (Å²) in [6, 6.07) is 14.0. The molecule has 3 rings (SSSR count). The van der Waals surface area contributed by atoms with Gasteiger partial charge in [0, 0.05) is 0 Å². The van der Waals surface area contributed by atoms with Gasteiger partial charge in [-0.15, -0.1) is 0 Å². The minimum Gasteiger partial charge on any atom is -0.475 e. The summed E-state index contributed by atoms with van der Waals surface area (Å²) in [6.45, 7) is 6.41. The van der Waals surface area contributed by atoms with Crippen molar-refractivity contribution in [3.63, 3.8) is 0 Å². The number of rotatable bonds is 7. The number of nitrogens with zero attached hydrogens (tertiary/aromatic N) is 2. The van der Waals surface area contributed by atoms with E-state index in [2.05, 4.69) is 28.5 Å². The average Bonchev–Trinajstić information content (AvgIpc) is 2.65. The van der Waals surface area contributed by atoms with Crippen molar-refractivity contribution >= 4 is 26.9 Å². The first kappa shape index (κ1) is 19.1. The number of nitrogens with one attached hydrogen (secondary N) is 1. The molecule has 1 unspecified atom stereocenters. The van der Waals surface area contributed by atoms with Gasteiger partial charge in [-0.3, -0.25) is 4.72 Å². The van der Waals surface area contributed by atoms with Crippen LogP contribution < -0.4 is 9.46 Å². The average molecular weight is 385 g/mol. The monoisotopic (exact) mass is 385 g/mol. The van der Waals surface area contributed by atoms with Crippen LogP contribution in [0.2, 0.25) is 0 Å². The van der Waals surface area contributed by atoms with E-state index in [1.165, 1.54) is 0 Å². The minimum atomic E-state index is -3.80. The van der Waals surface area contributed by atoms with Gasteiger partial charge in [0.2, 0.25) is 5.82 Å². The topological polar surface area (TPSA) is 81.2 Å². The van der Waals surface area contributed by atoms with Crippen molar-refractivity contribution in [2.45, 2.75) is 32.1 Å². The third-order valence-electron chi connectivity index (χ3n) is 4.27. The summed E-state index contributed by atoms with van der Waals surface area (Å²) in [7, 11) is -3.80. The van der Waals surface area contributed by atoms with E-state index in [1.807, 2.05) is 31.2 Å². The Kier molecular flexibility index (Phi) is 5.60. The van der Waals surface area contributed by atoms with E-state index < -0.39 is 10.0 Å². The van der Waals surface area contributed by atoms with E-state index in [1.54, 1.807) is 24.3 Å². The van der Waals surface area contributed by atoms with Crippen LogP contribution >= 0.6 is 0 Å². The molecule has 1 N–H and O–H groups in total. The van der Waals surface area contributed by atoms with Crippen LogP contribution in [0.1, 0.15) is 25.8 Å². The SMILES string of the molecule is CCC(C)COc1nc2ccccc2nc1NS(=O)(=O)c1cccc(C)c1. The van der Waals surface area contributed by atoms with Crippen LogP contribution in [0.3, 0.4) is 0 Å². The van der Waals surface area contributed by atoms with Gasteiger partial charge in [0.1, 0.15) is 0 Å². The third kappa shape index (κ3) is 4.54. The van der Waals surface area contributed by atoms with E-state index in [9.17, 15) is 8.42 Å². The smallest absolute Gasteiger partial charge is 0.263 e. The molecule has 0 aliphatic heterocycles. The van der Waals surface area contributed by atoms with E-state index in [-0.39, 0.29) is 16.6 Å². The number of para-hydroxylation sites is 2. The van der Waals surface area contributed by atoms with Gasteiger partial charge in [0.05, 0.1) is 22.5 Å². The number of aryl methyl sites for hydroxylation is 1. The Morgan fingerprint density at radius 3 is 2.44 bits per heavy atom. The molecule has 2 aromatic carbocycles. The number of ether oxygens (including phenoxy) is 1. The van der Waals surface area contributed by atoms with Gasteiger partial charge in [-0.1, -0.05) is 44.5 Å². The predicted octanol–water partition coefficient (Wildman–Crippen LogP) is 4.16. The first-order valence-electron chi connectivity index (χ1n) is 8.88. The van der Waals surface area contributed by atoms with Gasteiger partial charge in [0.15, 0.2) is 0 Å². The Morgan fingerprint density at radius 1 is 1.07 bits per heavy atom. The summed E-state index contributed by atoms with van der Waals surface area (Å²) < 4.78 is 33.9. The van der Waals surface area contributed by atoms with Gasteiger partial charge in [0.25, 0.3) is 15.9 Å². The molecule has 0 amide bonds. The lowest BCUT2D eigenvalue weighted by Crippen LogP contribution is -2.17. The van der Waals surface area contributed by atoms with Crippen LogP contribution in [-0.2, 0) is 10.0 Å². The lowest BCUT2D eigenvalue weighted by molar-refractivity contribution is 0.249. The van der Waals surface area contributed by atoms with Crippen molar-refractivity contribution in [2.75, 3.05) is 11.3 Å². The van der Waals surface area contributed by atoms with Crippen molar-refractivity contribution in [3.8, 4) is 5.88 Å². The molecule has 27 heavy (non-hydrogen) atoms. The maximum absolute atomic E-state index is 12.8. The zero-order valence-corrected chi connectivity index (χ0v) is 16.5. The number of hydrogen-bond donors (Lipinski definition) is 1. The van der Waals surface area contributed by atoms with Crippen LogP contribution in [0, 0.1) is 12.8 Å². The number of sulfonamides is 1. The molecule has 1 heterocycles.